The van der Waals surface area contributed by atoms with Gasteiger partial charge in [-0.3, -0.25) is 5.43 Å². The van der Waals surface area contributed by atoms with E-state index >= 15 is 0 Å². The van der Waals surface area contributed by atoms with Crippen molar-refractivity contribution in [2.45, 2.75) is 26.8 Å². The van der Waals surface area contributed by atoms with Gasteiger partial charge in [0, 0.05) is 5.69 Å². The average molecular weight is 388 g/mol. The number of para-hydroxylation sites is 2. The summed E-state index contributed by atoms with van der Waals surface area (Å²) in [5.41, 5.74) is 8.55. The second-order valence-electron chi connectivity index (χ2n) is 7.36. The van der Waals surface area contributed by atoms with Crippen LogP contribution >= 0.6 is 0 Å². The highest BCUT2D eigenvalue weighted by Crippen LogP contribution is 2.27. The predicted molar refractivity (Wildman–Crippen MR) is 123 cm³/mol. The lowest BCUT2D eigenvalue weighted by Crippen LogP contribution is -2.26. The van der Waals surface area contributed by atoms with E-state index in [0.717, 1.165) is 22.8 Å². The van der Waals surface area contributed by atoms with Gasteiger partial charge in [0.05, 0.1) is 24.6 Å². The van der Waals surface area contributed by atoms with Crippen molar-refractivity contribution >= 4 is 17.1 Å². The first-order chi connectivity index (χ1) is 14.1. The Morgan fingerprint density at radius 2 is 1.52 bits per heavy atom. The fraction of sp³-hybridized carbons (Fsp3) is 0.240. The molecule has 0 aliphatic carbocycles. The molecule has 3 aromatic carbocycles. The van der Waals surface area contributed by atoms with E-state index in [1.165, 1.54) is 11.1 Å². The van der Waals surface area contributed by atoms with Crippen molar-refractivity contribution in [1.29, 1.82) is 0 Å². The molecule has 0 saturated carbocycles. The summed E-state index contributed by atoms with van der Waals surface area (Å²) in [4.78, 5) is 0. The number of hydrazone groups is 1. The molecule has 3 aromatic rings. The number of rotatable bonds is 8. The molecule has 0 heterocycles. The highest BCUT2D eigenvalue weighted by Gasteiger charge is 2.21. The maximum Gasteiger partial charge on any atom is 0.143 e. The summed E-state index contributed by atoms with van der Waals surface area (Å²) in [6.45, 7) is 6.42. The molecule has 0 fully saturated rings. The number of ether oxygens (including phenoxy) is 1. The van der Waals surface area contributed by atoms with Crippen molar-refractivity contribution in [3.05, 3.63) is 90.0 Å². The normalized spacial score (nSPS) is 12.5. The molecule has 4 heteroatoms. The van der Waals surface area contributed by atoms with Crippen LogP contribution < -0.4 is 15.5 Å². The lowest BCUT2D eigenvalue weighted by Gasteiger charge is -2.25. The van der Waals surface area contributed by atoms with Crippen LogP contribution in [0.25, 0.3) is 0 Å². The Morgan fingerprint density at radius 1 is 0.862 bits per heavy atom. The van der Waals surface area contributed by atoms with Crippen LogP contribution in [0.5, 0.6) is 5.75 Å². The van der Waals surface area contributed by atoms with E-state index in [9.17, 15) is 0 Å². The summed E-state index contributed by atoms with van der Waals surface area (Å²) in [7, 11) is 1.67. The third-order valence-corrected chi connectivity index (χ3v) is 4.80. The Morgan fingerprint density at radius 3 is 2.17 bits per heavy atom. The highest BCUT2D eigenvalue weighted by atomic mass is 16.5. The molecule has 0 aliphatic heterocycles. The van der Waals surface area contributed by atoms with Gasteiger partial charge in [-0.05, 0) is 42.7 Å². The minimum absolute atomic E-state index is 0.0545. The van der Waals surface area contributed by atoms with Crippen LogP contribution in [-0.4, -0.2) is 12.8 Å². The van der Waals surface area contributed by atoms with Crippen LogP contribution in [0.4, 0.5) is 11.4 Å². The summed E-state index contributed by atoms with van der Waals surface area (Å²) >= 11 is 0. The van der Waals surface area contributed by atoms with Crippen LogP contribution in [0.15, 0.2) is 84.0 Å². The topological polar surface area (TPSA) is 45.6 Å². The van der Waals surface area contributed by atoms with Crippen molar-refractivity contribution in [3.63, 3.8) is 0 Å². The zero-order valence-electron chi connectivity index (χ0n) is 17.5. The van der Waals surface area contributed by atoms with Gasteiger partial charge >= 0.3 is 0 Å². The molecular weight excluding hydrogens is 358 g/mol. The highest BCUT2D eigenvalue weighted by molar-refractivity contribution is 5.95. The number of methoxy groups -OCH3 is 1. The first-order valence-electron chi connectivity index (χ1n) is 9.93. The van der Waals surface area contributed by atoms with Gasteiger partial charge in [0.15, 0.2) is 0 Å². The minimum atomic E-state index is -0.0545. The maximum absolute atomic E-state index is 5.44. The van der Waals surface area contributed by atoms with E-state index in [4.69, 9.17) is 9.84 Å². The van der Waals surface area contributed by atoms with Gasteiger partial charge in [-0.25, -0.2) is 0 Å². The Balaban J connectivity index is 1.96. The summed E-state index contributed by atoms with van der Waals surface area (Å²) < 4.78 is 5.44. The fourth-order valence-electron chi connectivity index (χ4n) is 3.18. The van der Waals surface area contributed by atoms with E-state index in [1.807, 2.05) is 30.3 Å². The standard InChI is InChI=1S/C25H29N3O/c1-18(2)24(28-27-22-12-8-9-13-23(22)29-4)25(20-10-6-5-7-11-20)26-21-16-14-19(3)15-17-21/h5-18,25-27H,1-4H3/b28-24+/t25-/m0/s1. The summed E-state index contributed by atoms with van der Waals surface area (Å²) in [5, 5.41) is 8.48. The number of nitrogens with zero attached hydrogens (tertiary/aromatic N) is 1. The van der Waals surface area contributed by atoms with Gasteiger partial charge in [-0.1, -0.05) is 74.0 Å². The summed E-state index contributed by atoms with van der Waals surface area (Å²) in [6.07, 6.45) is 0. The van der Waals surface area contributed by atoms with Crippen molar-refractivity contribution in [3.8, 4) is 5.75 Å². The van der Waals surface area contributed by atoms with E-state index in [1.54, 1.807) is 7.11 Å². The predicted octanol–water partition coefficient (Wildman–Crippen LogP) is 6.28. The van der Waals surface area contributed by atoms with Crippen molar-refractivity contribution in [1.82, 2.24) is 0 Å². The third kappa shape index (κ3) is 5.38. The molecule has 0 aromatic heterocycles. The van der Waals surface area contributed by atoms with Crippen molar-refractivity contribution in [2.75, 3.05) is 17.9 Å². The smallest absolute Gasteiger partial charge is 0.143 e. The molecule has 4 nitrogen and oxygen atoms in total. The molecule has 0 unspecified atom stereocenters. The van der Waals surface area contributed by atoms with Crippen molar-refractivity contribution < 1.29 is 4.74 Å². The number of aryl methyl sites for hydroxylation is 1. The van der Waals surface area contributed by atoms with Gasteiger partial charge in [-0.2, -0.15) is 5.10 Å². The van der Waals surface area contributed by atoms with Gasteiger partial charge in [0.25, 0.3) is 0 Å². The Bertz CT molecular complexity index is 934. The molecular formula is C25H29N3O. The molecule has 0 aliphatic rings. The molecule has 0 radical (unpaired) electrons. The quantitative estimate of drug-likeness (QED) is 0.353. The number of hydrogen-bond acceptors (Lipinski definition) is 4. The maximum atomic E-state index is 5.44. The Labute approximate surface area is 173 Å². The second kappa shape index (κ2) is 9.78. The van der Waals surface area contributed by atoms with Gasteiger partial charge in [0.1, 0.15) is 5.75 Å². The largest absolute Gasteiger partial charge is 0.495 e. The first-order valence-corrected chi connectivity index (χ1v) is 9.93. The fourth-order valence-corrected chi connectivity index (χ4v) is 3.18. The van der Waals surface area contributed by atoms with Crippen LogP contribution in [0.3, 0.4) is 0 Å². The molecule has 29 heavy (non-hydrogen) atoms. The molecule has 150 valence electrons. The van der Waals surface area contributed by atoms with E-state index < -0.39 is 0 Å². The minimum Gasteiger partial charge on any atom is -0.495 e. The average Bonchev–Trinajstić information content (AvgIpc) is 2.75. The third-order valence-electron chi connectivity index (χ3n) is 4.80. The monoisotopic (exact) mass is 387 g/mol. The first kappa shape index (κ1) is 20.5. The Kier molecular flexibility index (Phi) is 6.90. The number of benzene rings is 3. The molecule has 0 spiro atoms. The molecule has 2 N–H and O–H groups in total. The number of nitrogens with one attached hydrogen (secondary N) is 2. The summed E-state index contributed by atoms with van der Waals surface area (Å²) in [6, 6.07) is 26.6. The molecule has 0 bridgehead atoms. The Hall–Kier alpha value is -3.27. The van der Waals surface area contributed by atoms with E-state index in [-0.39, 0.29) is 12.0 Å². The lowest BCUT2D eigenvalue weighted by molar-refractivity contribution is 0.416. The number of anilines is 2. The SMILES string of the molecule is COc1ccccc1N/N=C(\C(C)C)[C@@H](Nc1ccc(C)cc1)c1ccccc1. The van der Waals surface area contributed by atoms with Gasteiger partial charge in [0.2, 0.25) is 0 Å². The zero-order chi connectivity index (χ0) is 20.6. The van der Waals surface area contributed by atoms with E-state index in [0.29, 0.717) is 0 Å². The van der Waals surface area contributed by atoms with E-state index in [2.05, 4.69) is 80.0 Å². The molecule has 3 rings (SSSR count). The van der Waals surface area contributed by atoms with Crippen molar-refractivity contribution in [2.24, 2.45) is 11.0 Å². The second-order valence-corrected chi connectivity index (χ2v) is 7.36. The van der Waals surface area contributed by atoms with Crippen LogP contribution in [0.1, 0.15) is 31.0 Å². The van der Waals surface area contributed by atoms with Gasteiger partial charge < -0.3 is 10.1 Å². The summed E-state index contributed by atoms with van der Waals surface area (Å²) in [5.74, 6) is 1.00. The van der Waals surface area contributed by atoms with Gasteiger partial charge in [-0.15, -0.1) is 0 Å². The molecule has 0 saturated heterocycles. The van der Waals surface area contributed by atoms with Crippen LogP contribution in [0, 0.1) is 12.8 Å². The zero-order valence-corrected chi connectivity index (χ0v) is 17.5. The van der Waals surface area contributed by atoms with Crippen LogP contribution in [0.2, 0.25) is 0 Å². The molecule has 1 atom stereocenters. The number of hydrogen-bond donors (Lipinski definition) is 2. The molecule has 0 amide bonds. The lowest BCUT2D eigenvalue weighted by atomic mass is 9.94. The van der Waals surface area contributed by atoms with Crippen LogP contribution in [-0.2, 0) is 0 Å².